The molecular formula is C22H33NO5. The number of piperidine rings is 1. The predicted molar refractivity (Wildman–Crippen MR) is 106 cm³/mol. The highest BCUT2D eigenvalue weighted by Gasteiger charge is 2.54. The van der Waals surface area contributed by atoms with Crippen LogP contribution in [0.2, 0.25) is 0 Å². The summed E-state index contributed by atoms with van der Waals surface area (Å²) in [5, 5.41) is 11.0. The number of fused-ring (bicyclic) bond motifs is 1. The van der Waals surface area contributed by atoms with Crippen molar-refractivity contribution >= 4 is 5.97 Å². The zero-order chi connectivity index (χ0) is 20.7. The zero-order valence-electron chi connectivity index (χ0n) is 17.7. The van der Waals surface area contributed by atoms with Gasteiger partial charge in [-0.15, -0.1) is 0 Å². The summed E-state index contributed by atoms with van der Waals surface area (Å²) in [4.78, 5) is 14.9. The molecule has 1 N–H and O–H groups in total. The summed E-state index contributed by atoms with van der Waals surface area (Å²) < 4.78 is 17.7. The van der Waals surface area contributed by atoms with E-state index < -0.39 is 35.6 Å². The zero-order valence-corrected chi connectivity index (χ0v) is 17.7. The number of ether oxygens (including phenoxy) is 3. The maximum atomic E-state index is 12.7. The molecule has 2 aliphatic rings. The van der Waals surface area contributed by atoms with E-state index in [0.717, 1.165) is 12.0 Å². The van der Waals surface area contributed by atoms with Crippen LogP contribution in [0.25, 0.3) is 0 Å². The summed E-state index contributed by atoms with van der Waals surface area (Å²) in [6, 6.07) is 9.55. The SMILES string of the molecule is C[C@H](c1ccccc1)N1CC[C@H]2OC(C)(C)O[C@H]2[C@@H]1[C@@H](O)C(=O)OC(C)(C)C. The fourth-order valence-corrected chi connectivity index (χ4v) is 4.23. The molecule has 6 heteroatoms. The number of carbonyl (C=O) groups excluding carboxylic acids is 1. The second kappa shape index (κ2) is 7.75. The van der Waals surface area contributed by atoms with Crippen molar-refractivity contribution in [1.82, 2.24) is 4.90 Å². The molecule has 0 unspecified atom stereocenters. The Morgan fingerprint density at radius 2 is 1.89 bits per heavy atom. The first-order chi connectivity index (χ1) is 13.0. The Morgan fingerprint density at radius 1 is 1.25 bits per heavy atom. The van der Waals surface area contributed by atoms with Gasteiger partial charge in [0.1, 0.15) is 11.7 Å². The van der Waals surface area contributed by atoms with Crippen LogP contribution < -0.4 is 0 Å². The summed E-state index contributed by atoms with van der Waals surface area (Å²) in [5.41, 5.74) is 0.453. The Labute approximate surface area is 167 Å². The minimum Gasteiger partial charge on any atom is -0.458 e. The van der Waals surface area contributed by atoms with Crippen molar-refractivity contribution in [3.63, 3.8) is 0 Å². The van der Waals surface area contributed by atoms with Gasteiger partial charge in [-0.2, -0.15) is 0 Å². The number of nitrogens with zero attached hydrogens (tertiary/aromatic N) is 1. The molecule has 1 aromatic rings. The van der Waals surface area contributed by atoms with Crippen LogP contribution >= 0.6 is 0 Å². The summed E-state index contributed by atoms with van der Waals surface area (Å²) in [5.74, 6) is -1.37. The summed E-state index contributed by atoms with van der Waals surface area (Å²) in [6.45, 7) is 11.9. The van der Waals surface area contributed by atoms with Gasteiger partial charge in [-0.3, -0.25) is 4.90 Å². The lowest BCUT2D eigenvalue weighted by Gasteiger charge is -2.45. The number of esters is 1. The predicted octanol–water partition coefficient (Wildman–Crippen LogP) is 3.04. The van der Waals surface area contributed by atoms with Crippen molar-refractivity contribution in [1.29, 1.82) is 0 Å². The normalized spacial score (nSPS) is 29.8. The number of hydrogen-bond donors (Lipinski definition) is 1. The number of hydrogen-bond acceptors (Lipinski definition) is 6. The van der Waals surface area contributed by atoms with E-state index in [1.807, 2.05) is 32.0 Å². The second-order valence-electron chi connectivity index (χ2n) is 9.22. The third-order valence-electron chi connectivity index (χ3n) is 5.36. The molecule has 1 aromatic carbocycles. The van der Waals surface area contributed by atoms with E-state index in [1.165, 1.54) is 0 Å². The molecule has 2 saturated heterocycles. The maximum Gasteiger partial charge on any atom is 0.337 e. The molecule has 0 radical (unpaired) electrons. The highest BCUT2D eigenvalue weighted by Crippen LogP contribution is 2.40. The number of likely N-dealkylation sites (tertiary alicyclic amines) is 1. The largest absolute Gasteiger partial charge is 0.458 e. The molecule has 2 aliphatic heterocycles. The van der Waals surface area contributed by atoms with Gasteiger partial charge in [-0.25, -0.2) is 4.79 Å². The van der Waals surface area contributed by atoms with Gasteiger partial charge in [0.05, 0.1) is 12.1 Å². The lowest BCUT2D eigenvalue weighted by Crippen LogP contribution is -2.61. The average molecular weight is 392 g/mol. The monoisotopic (exact) mass is 391 g/mol. The van der Waals surface area contributed by atoms with Gasteiger partial charge in [0, 0.05) is 12.6 Å². The van der Waals surface area contributed by atoms with Crippen molar-refractivity contribution in [3.05, 3.63) is 35.9 Å². The smallest absolute Gasteiger partial charge is 0.337 e. The van der Waals surface area contributed by atoms with Crippen LogP contribution in [0, 0.1) is 0 Å². The van der Waals surface area contributed by atoms with Crippen LogP contribution in [0.1, 0.15) is 59.6 Å². The average Bonchev–Trinajstić information content (AvgIpc) is 2.92. The van der Waals surface area contributed by atoms with Gasteiger partial charge in [0.2, 0.25) is 0 Å². The number of aliphatic hydroxyl groups is 1. The molecule has 0 spiro atoms. The van der Waals surface area contributed by atoms with Crippen molar-refractivity contribution in [2.75, 3.05) is 6.54 Å². The number of rotatable bonds is 4. The molecule has 6 nitrogen and oxygen atoms in total. The molecule has 5 atom stereocenters. The first-order valence-electron chi connectivity index (χ1n) is 10.1. The molecule has 28 heavy (non-hydrogen) atoms. The molecule has 0 amide bonds. The van der Waals surface area contributed by atoms with E-state index in [1.54, 1.807) is 20.8 Å². The molecule has 2 fully saturated rings. The van der Waals surface area contributed by atoms with Crippen molar-refractivity contribution in [2.45, 2.75) is 89.7 Å². The fraction of sp³-hybridized carbons (Fsp3) is 0.682. The van der Waals surface area contributed by atoms with Gasteiger partial charge in [0.25, 0.3) is 0 Å². The van der Waals surface area contributed by atoms with E-state index in [-0.39, 0.29) is 12.1 Å². The van der Waals surface area contributed by atoms with Crippen LogP contribution in [-0.2, 0) is 19.0 Å². The van der Waals surface area contributed by atoms with Crippen molar-refractivity contribution < 1.29 is 24.1 Å². The quantitative estimate of drug-likeness (QED) is 0.796. The Kier molecular flexibility index (Phi) is 5.88. The molecular weight excluding hydrogens is 358 g/mol. The van der Waals surface area contributed by atoms with Gasteiger partial charge < -0.3 is 19.3 Å². The van der Waals surface area contributed by atoms with Gasteiger partial charge >= 0.3 is 5.97 Å². The van der Waals surface area contributed by atoms with E-state index in [0.29, 0.717) is 6.54 Å². The molecule has 3 rings (SSSR count). The lowest BCUT2D eigenvalue weighted by atomic mass is 9.89. The highest BCUT2D eigenvalue weighted by atomic mass is 16.8. The molecule has 0 aliphatic carbocycles. The Bertz CT molecular complexity index is 684. The van der Waals surface area contributed by atoms with Crippen LogP contribution in [0.4, 0.5) is 0 Å². The van der Waals surface area contributed by atoms with Gasteiger partial charge in [-0.05, 0) is 53.5 Å². The number of benzene rings is 1. The van der Waals surface area contributed by atoms with Crippen LogP contribution in [0.15, 0.2) is 30.3 Å². The Balaban J connectivity index is 1.91. The van der Waals surface area contributed by atoms with E-state index in [4.69, 9.17) is 14.2 Å². The Hall–Kier alpha value is -1.47. The summed E-state index contributed by atoms with van der Waals surface area (Å²) >= 11 is 0. The standard InChI is InChI=1S/C22H33NO5/c1-14(15-10-8-7-9-11-15)23-13-12-16-19(27-22(5,6)26-16)17(23)18(24)20(25)28-21(2,3)4/h7-11,14,16-19,24H,12-13H2,1-6H3/t14-,16-,17+,18-,19-/m1/s1. The fourth-order valence-electron chi connectivity index (χ4n) is 4.23. The number of aliphatic hydroxyl groups excluding tert-OH is 1. The van der Waals surface area contributed by atoms with Gasteiger partial charge in [-0.1, -0.05) is 30.3 Å². The van der Waals surface area contributed by atoms with Crippen LogP contribution in [0.3, 0.4) is 0 Å². The first kappa shape index (κ1) is 21.2. The molecule has 0 saturated carbocycles. The van der Waals surface area contributed by atoms with Gasteiger partial charge in [0.15, 0.2) is 11.9 Å². The van der Waals surface area contributed by atoms with Crippen molar-refractivity contribution in [3.8, 4) is 0 Å². The molecule has 0 bridgehead atoms. The molecule has 156 valence electrons. The summed E-state index contributed by atoms with van der Waals surface area (Å²) in [7, 11) is 0. The molecule has 2 heterocycles. The van der Waals surface area contributed by atoms with E-state index in [2.05, 4.69) is 24.0 Å². The second-order valence-corrected chi connectivity index (χ2v) is 9.22. The molecule has 0 aromatic heterocycles. The van der Waals surface area contributed by atoms with Crippen LogP contribution in [-0.4, -0.2) is 58.3 Å². The lowest BCUT2D eigenvalue weighted by molar-refractivity contribution is -0.180. The summed E-state index contributed by atoms with van der Waals surface area (Å²) in [6.07, 6.45) is -1.10. The minimum absolute atomic E-state index is 0.0107. The topological polar surface area (TPSA) is 68.2 Å². The van der Waals surface area contributed by atoms with E-state index in [9.17, 15) is 9.90 Å². The third-order valence-corrected chi connectivity index (χ3v) is 5.36. The highest BCUT2D eigenvalue weighted by molar-refractivity contribution is 5.76. The maximum absolute atomic E-state index is 12.7. The van der Waals surface area contributed by atoms with Crippen molar-refractivity contribution in [2.24, 2.45) is 0 Å². The first-order valence-corrected chi connectivity index (χ1v) is 10.1. The minimum atomic E-state index is -1.32. The Morgan fingerprint density at radius 3 is 2.50 bits per heavy atom. The van der Waals surface area contributed by atoms with E-state index >= 15 is 0 Å². The number of carbonyl (C=O) groups is 1. The van der Waals surface area contributed by atoms with Crippen LogP contribution in [0.5, 0.6) is 0 Å². The third kappa shape index (κ3) is 4.57.